The molecule has 2 rings (SSSR count). The van der Waals surface area contributed by atoms with Gasteiger partial charge in [-0.25, -0.2) is 0 Å². The van der Waals surface area contributed by atoms with Gasteiger partial charge >= 0.3 is 0 Å². The third kappa shape index (κ3) is 6.95. The van der Waals surface area contributed by atoms with Crippen LogP contribution in [0, 0.1) is 0 Å². The molecule has 0 aliphatic heterocycles. The van der Waals surface area contributed by atoms with E-state index in [1.807, 2.05) is 6.07 Å². The number of nitrogens with one attached hydrogen (secondary N) is 2. The van der Waals surface area contributed by atoms with Crippen LogP contribution in [-0.4, -0.2) is 37.2 Å². The van der Waals surface area contributed by atoms with Gasteiger partial charge in [0.05, 0.1) is 12.2 Å². The largest absolute Gasteiger partial charge is 0.359 e. The van der Waals surface area contributed by atoms with Crippen LogP contribution in [0.25, 0.3) is 0 Å². The highest BCUT2D eigenvalue weighted by atomic mass is 127. The van der Waals surface area contributed by atoms with E-state index in [9.17, 15) is 0 Å². The fourth-order valence-corrected chi connectivity index (χ4v) is 2.48. The smallest absolute Gasteiger partial charge is 0.191 e. The molecule has 7 heteroatoms. The second-order valence-corrected chi connectivity index (χ2v) is 6.66. The number of guanidine groups is 1. The molecular formula is C19H30IN5O. The van der Waals surface area contributed by atoms with E-state index in [0.29, 0.717) is 12.5 Å². The van der Waals surface area contributed by atoms with Crippen LogP contribution in [0.4, 0.5) is 0 Å². The van der Waals surface area contributed by atoms with Crippen molar-refractivity contribution in [2.75, 3.05) is 21.1 Å². The van der Waals surface area contributed by atoms with E-state index in [-0.39, 0.29) is 24.0 Å². The Morgan fingerprint density at radius 2 is 1.81 bits per heavy atom. The fraction of sp³-hybridized carbons (Fsp3) is 0.474. The fourth-order valence-electron chi connectivity index (χ4n) is 2.48. The number of hydrogen-bond donors (Lipinski definition) is 2. The molecule has 0 saturated heterocycles. The van der Waals surface area contributed by atoms with Gasteiger partial charge in [-0.05, 0) is 31.1 Å². The van der Waals surface area contributed by atoms with E-state index in [1.54, 1.807) is 7.05 Å². The molecule has 0 unspecified atom stereocenters. The van der Waals surface area contributed by atoms with Crippen LogP contribution in [0.15, 0.2) is 39.8 Å². The maximum atomic E-state index is 5.35. The number of aliphatic imine (C=N–C) groups is 1. The van der Waals surface area contributed by atoms with Crippen molar-refractivity contribution in [2.45, 2.75) is 39.4 Å². The topological polar surface area (TPSA) is 65.7 Å². The SMILES string of the molecule is CN=C(NCc1cc(C(C)C)no1)NCc1ccccc1CN(C)C.I. The van der Waals surface area contributed by atoms with Crippen molar-refractivity contribution < 1.29 is 4.52 Å². The Morgan fingerprint density at radius 3 is 2.38 bits per heavy atom. The van der Waals surface area contributed by atoms with Crippen LogP contribution in [0.2, 0.25) is 0 Å². The van der Waals surface area contributed by atoms with E-state index < -0.39 is 0 Å². The summed E-state index contributed by atoms with van der Waals surface area (Å²) in [7, 11) is 5.92. The van der Waals surface area contributed by atoms with Gasteiger partial charge in [0.2, 0.25) is 0 Å². The molecule has 0 radical (unpaired) electrons. The summed E-state index contributed by atoms with van der Waals surface area (Å²) in [6.45, 7) is 6.39. The molecule has 0 saturated carbocycles. The molecule has 1 aromatic heterocycles. The van der Waals surface area contributed by atoms with Gasteiger partial charge in [-0.1, -0.05) is 43.3 Å². The minimum atomic E-state index is 0. The summed E-state index contributed by atoms with van der Waals surface area (Å²) in [5.74, 6) is 1.91. The van der Waals surface area contributed by atoms with Crippen molar-refractivity contribution >= 4 is 29.9 Å². The maximum Gasteiger partial charge on any atom is 0.191 e. The Kier molecular flexibility index (Phi) is 9.64. The van der Waals surface area contributed by atoms with Crippen LogP contribution in [0.1, 0.15) is 42.3 Å². The van der Waals surface area contributed by atoms with Gasteiger partial charge in [-0.2, -0.15) is 0 Å². The lowest BCUT2D eigenvalue weighted by atomic mass is 10.1. The first-order valence-corrected chi connectivity index (χ1v) is 8.61. The third-order valence-corrected chi connectivity index (χ3v) is 3.87. The Morgan fingerprint density at radius 1 is 1.15 bits per heavy atom. The van der Waals surface area contributed by atoms with E-state index >= 15 is 0 Å². The molecule has 0 amide bonds. The van der Waals surface area contributed by atoms with Crippen molar-refractivity contribution in [2.24, 2.45) is 4.99 Å². The van der Waals surface area contributed by atoms with E-state index in [0.717, 1.165) is 30.5 Å². The molecule has 0 fully saturated rings. The number of halogens is 1. The van der Waals surface area contributed by atoms with Crippen LogP contribution in [0.3, 0.4) is 0 Å². The number of benzene rings is 1. The van der Waals surface area contributed by atoms with Crippen LogP contribution < -0.4 is 10.6 Å². The van der Waals surface area contributed by atoms with Crippen molar-refractivity contribution in [1.82, 2.24) is 20.7 Å². The molecule has 144 valence electrons. The lowest BCUT2D eigenvalue weighted by Gasteiger charge is -2.16. The zero-order valence-corrected chi connectivity index (χ0v) is 18.6. The average molecular weight is 471 g/mol. The van der Waals surface area contributed by atoms with Gasteiger partial charge in [0.25, 0.3) is 0 Å². The second-order valence-electron chi connectivity index (χ2n) is 6.66. The molecule has 0 aliphatic carbocycles. The highest BCUT2D eigenvalue weighted by Gasteiger charge is 2.09. The first-order chi connectivity index (χ1) is 12.0. The van der Waals surface area contributed by atoms with Gasteiger partial charge in [-0.3, -0.25) is 4.99 Å². The van der Waals surface area contributed by atoms with E-state index in [2.05, 4.69) is 77.9 Å². The number of aromatic nitrogens is 1. The molecular weight excluding hydrogens is 441 g/mol. The predicted octanol–water partition coefficient (Wildman–Crippen LogP) is 3.34. The van der Waals surface area contributed by atoms with E-state index in [4.69, 9.17) is 4.52 Å². The minimum Gasteiger partial charge on any atom is -0.359 e. The third-order valence-electron chi connectivity index (χ3n) is 3.87. The Hall–Kier alpha value is -1.61. The normalized spacial score (nSPS) is 11.6. The lowest BCUT2D eigenvalue weighted by Crippen LogP contribution is -2.36. The van der Waals surface area contributed by atoms with Gasteiger partial charge < -0.3 is 20.1 Å². The summed E-state index contributed by atoms with van der Waals surface area (Å²) >= 11 is 0. The van der Waals surface area contributed by atoms with Crippen molar-refractivity contribution in [3.8, 4) is 0 Å². The Bertz CT molecular complexity index is 697. The first-order valence-electron chi connectivity index (χ1n) is 8.61. The molecule has 1 heterocycles. The van der Waals surface area contributed by atoms with Crippen molar-refractivity contribution in [3.05, 3.63) is 52.9 Å². The predicted molar refractivity (Wildman–Crippen MR) is 117 cm³/mol. The summed E-state index contributed by atoms with van der Waals surface area (Å²) in [4.78, 5) is 6.44. The monoisotopic (exact) mass is 471 g/mol. The maximum absolute atomic E-state index is 5.35. The quantitative estimate of drug-likeness (QED) is 0.369. The second kappa shape index (κ2) is 11.2. The number of rotatable bonds is 7. The molecule has 26 heavy (non-hydrogen) atoms. The zero-order valence-electron chi connectivity index (χ0n) is 16.2. The summed E-state index contributed by atoms with van der Waals surface area (Å²) in [6.07, 6.45) is 0. The Balaban J connectivity index is 0.00000338. The molecule has 0 spiro atoms. The molecule has 2 aromatic rings. The molecule has 2 N–H and O–H groups in total. The molecule has 0 bridgehead atoms. The van der Waals surface area contributed by atoms with Crippen molar-refractivity contribution in [1.29, 1.82) is 0 Å². The number of nitrogens with zero attached hydrogens (tertiary/aromatic N) is 3. The van der Waals surface area contributed by atoms with Crippen LogP contribution in [0.5, 0.6) is 0 Å². The molecule has 1 aromatic carbocycles. The zero-order chi connectivity index (χ0) is 18.2. The molecule has 0 atom stereocenters. The number of hydrogen-bond acceptors (Lipinski definition) is 4. The van der Waals surface area contributed by atoms with Gasteiger partial charge in [0.15, 0.2) is 11.7 Å². The minimum absolute atomic E-state index is 0. The standard InChI is InChI=1S/C19H29N5O.HI/c1-14(2)18-10-17(25-23-18)12-22-19(20-3)21-11-15-8-6-7-9-16(15)13-24(4)5;/h6-10,14H,11-13H2,1-5H3,(H2,20,21,22);1H. The summed E-state index contributed by atoms with van der Waals surface area (Å²) < 4.78 is 5.35. The average Bonchev–Trinajstić information content (AvgIpc) is 3.05. The summed E-state index contributed by atoms with van der Waals surface area (Å²) in [6, 6.07) is 10.4. The van der Waals surface area contributed by atoms with Crippen LogP contribution >= 0.6 is 24.0 Å². The summed E-state index contributed by atoms with van der Waals surface area (Å²) in [5.41, 5.74) is 3.55. The van der Waals surface area contributed by atoms with Crippen LogP contribution in [-0.2, 0) is 19.6 Å². The first kappa shape index (κ1) is 22.4. The van der Waals surface area contributed by atoms with Gasteiger partial charge in [0, 0.05) is 26.2 Å². The lowest BCUT2D eigenvalue weighted by molar-refractivity contribution is 0.372. The van der Waals surface area contributed by atoms with E-state index in [1.165, 1.54) is 11.1 Å². The molecule has 0 aliphatic rings. The highest BCUT2D eigenvalue weighted by Crippen LogP contribution is 2.14. The van der Waals surface area contributed by atoms with Crippen molar-refractivity contribution in [3.63, 3.8) is 0 Å². The van der Waals surface area contributed by atoms with Gasteiger partial charge in [0.1, 0.15) is 0 Å². The highest BCUT2D eigenvalue weighted by molar-refractivity contribution is 14.0. The molecule has 6 nitrogen and oxygen atoms in total. The van der Waals surface area contributed by atoms with Gasteiger partial charge in [-0.15, -0.1) is 24.0 Å². The summed E-state index contributed by atoms with van der Waals surface area (Å²) in [5, 5.41) is 10.7. The Labute approximate surface area is 173 Å².